The summed E-state index contributed by atoms with van der Waals surface area (Å²) in [6.45, 7) is 9.14. The van der Waals surface area contributed by atoms with Crippen molar-refractivity contribution in [2.45, 2.75) is 57.9 Å². The maximum absolute atomic E-state index is 13.3. The number of hydrogen-bond acceptors (Lipinski definition) is 5. The highest BCUT2D eigenvalue weighted by atomic mass is 16.6. The SMILES string of the molecule is CC(C)COC(=O)N1C2CC=CCN(C(=O)OCC3c4ccccc4-c4ccccc43)CC2OC1(C)C. The molecule has 0 N–H and O–H groups in total. The molecule has 0 radical (unpaired) electrons. The minimum atomic E-state index is -0.839. The molecule has 7 nitrogen and oxygen atoms in total. The maximum atomic E-state index is 13.3. The van der Waals surface area contributed by atoms with Gasteiger partial charge in [-0.2, -0.15) is 0 Å². The van der Waals surface area contributed by atoms with Crippen LogP contribution in [0.5, 0.6) is 0 Å². The number of rotatable bonds is 4. The number of carbonyl (C=O) groups is 2. The van der Waals surface area contributed by atoms with Gasteiger partial charge in [0.15, 0.2) is 0 Å². The average molecular weight is 505 g/mol. The van der Waals surface area contributed by atoms with Crippen LogP contribution in [0.4, 0.5) is 9.59 Å². The fourth-order valence-corrected chi connectivity index (χ4v) is 5.71. The van der Waals surface area contributed by atoms with E-state index in [-0.39, 0.29) is 42.8 Å². The summed E-state index contributed by atoms with van der Waals surface area (Å²) in [5.74, 6) is 0.245. The zero-order valence-corrected chi connectivity index (χ0v) is 22.1. The first kappa shape index (κ1) is 25.3. The second-order valence-electron chi connectivity index (χ2n) is 10.9. The van der Waals surface area contributed by atoms with Crippen molar-refractivity contribution in [3.05, 3.63) is 71.8 Å². The number of nitrogens with zero attached hydrogens (tertiary/aromatic N) is 2. The Bertz CT molecular complexity index is 1140. The number of amides is 2. The van der Waals surface area contributed by atoms with Crippen molar-refractivity contribution >= 4 is 12.2 Å². The van der Waals surface area contributed by atoms with E-state index in [2.05, 4.69) is 24.3 Å². The number of carbonyl (C=O) groups excluding carboxylic acids is 2. The summed E-state index contributed by atoms with van der Waals surface area (Å²) in [6, 6.07) is 16.4. The van der Waals surface area contributed by atoms with Gasteiger partial charge in [0.2, 0.25) is 0 Å². The quantitative estimate of drug-likeness (QED) is 0.493. The Morgan fingerprint density at radius 2 is 1.62 bits per heavy atom. The molecule has 1 aliphatic carbocycles. The Balaban J connectivity index is 1.28. The van der Waals surface area contributed by atoms with E-state index in [4.69, 9.17) is 14.2 Å². The monoisotopic (exact) mass is 504 g/mol. The third kappa shape index (κ3) is 4.97. The van der Waals surface area contributed by atoms with Crippen molar-refractivity contribution in [1.29, 1.82) is 0 Å². The Kier molecular flexibility index (Phi) is 6.99. The van der Waals surface area contributed by atoms with Crippen molar-refractivity contribution in [3.63, 3.8) is 0 Å². The Labute approximate surface area is 219 Å². The summed E-state index contributed by atoms with van der Waals surface area (Å²) in [5, 5.41) is 0. The van der Waals surface area contributed by atoms with Gasteiger partial charge < -0.3 is 19.1 Å². The van der Waals surface area contributed by atoms with Gasteiger partial charge in [-0.1, -0.05) is 74.5 Å². The first-order valence-corrected chi connectivity index (χ1v) is 13.1. The molecule has 0 bridgehead atoms. The van der Waals surface area contributed by atoms with E-state index in [1.165, 1.54) is 22.3 Å². The van der Waals surface area contributed by atoms with Gasteiger partial charge in [0.25, 0.3) is 0 Å². The van der Waals surface area contributed by atoms with Gasteiger partial charge in [-0.05, 0) is 48.4 Å². The highest BCUT2D eigenvalue weighted by Gasteiger charge is 2.51. The van der Waals surface area contributed by atoms with Gasteiger partial charge in [-0.3, -0.25) is 4.90 Å². The predicted molar refractivity (Wildman–Crippen MR) is 141 cm³/mol. The standard InChI is InChI=1S/C30H36N2O5/c1-20(2)18-35-29(34)32-26-15-9-10-16-31(17-27(26)37-30(32,3)4)28(33)36-19-25-23-13-7-5-11-21(23)22-12-6-8-14-24(22)25/h5-14,20,25-27H,15-19H2,1-4H3. The van der Waals surface area contributed by atoms with Crippen molar-refractivity contribution in [1.82, 2.24) is 9.80 Å². The van der Waals surface area contributed by atoms with E-state index in [1.54, 1.807) is 9.80 Å². The van der Waals surface area contributed by atoms with Crippen LogP contribution in [0.15, 0.2) is 60.7 Å². The summed E-state index contributed by atoms with van der Waals surface area (Å²) in [7, 11) is 0. The fourth-order valence-electron chi connectivity index (χ4n) is 5.71. The van der Waals surface area contributed by atoms with E-state index < -0.39 is 5.72 Å². The van der Waals surface area contributed by atoms with E-state index in [0.29, 0.717) is 26.1 Å². The Morgan fingerprint density at radius 1 is 0.973 bits per heavy atom. The lowest BCUT2D eigenvalue weighted by molar-refractivity contribution is -0.0750. The highest BCUT2D eigenvalue weighted by molar-refractivity contribution is 5.79. The van der Waals surface area contributed by atoms with Crippen LogP contribution in [-0.4, -0.2) is 66.2 Å². The molecule has 2 atom stereocenters. The van der Waals surface area contributed by atoms with Gasteiger partial charge in [-0.25, -0.2) is 9.59 Å². The molecule has 1 saturated heterocycles. The summed E-state index contributed by atoms with van der Waals surface area (Å²) < 4.78 is 17.8. The van der Waals surface area contributed by atoms with Gasteiger partial charge in [0, 0.05) is 12.5 Å². The number of hydrogen-bond donors (Lipinski definition) is 0. The Hall–Kier alpha value is -3.32. The van der Waals surface area contributed by atoms with Gasteiger partial charge in [-0.15, -0.1) is 0 Å². The van der Waals surface area contributed by atoms with Crippen molar-refractivity contribution < 1.29 is 23.8 Å². The normalized spacial score (nSPS) is 22.2. The summed E-state index contributed by atoms with van der Waals surface area (Å²) in [6.07, 6.45) is 3.51. The van der Waals surface area contributed by atoms with Crippen LogP contribution in [0.25, 0.3) is 11.1 Å². The largest absolute Gasteiger partial charge is 0.449 e. The predicted octanol–water partition coefficient (Wildman–Crippen LogP) is 5.80. The Morgan fingerprint density at radius 3 is 2.27 bits per heavy atom. The minimum absolute atomic E-state index is 0.00211. The zero-order chi connectivity index (χ0) is 26.2. The molecule has 2 aromatic carbocycles. The molecule has 0 aromatic heterocycles. The molecule has 2 amide bonds. The molecule has 2 aromatic rings. The van der Waals surface area contributed by atoms with Gasteiger partial charge in [0.05, 0.1) is 25.3 Å². The van der Waals surface area contributed by atoms with Crippen LogP contribution in [0, 0.1) is 5.92 Å². The smallest absolute Gasteiger partial charge is 0.412 e. The van der Waals surface area contributed by atoms with E-state index in [9.17, 15) is 9.59 Å². The third-order valence-electron chi connectivity index (χ3n) is 7.38. The van der Waals surface area contributed by atoms with Crippen LogP contribution in [0.3, 0.4) is 0 Å². The average Bonchev–Trinajstić information content (AvgIpc) is 3.31. The molecule has 2 heterocycles. The first-order valence-electron chi connectivity index (χ1n) is 13.1. The van der Waals surface area contributed by atoms with Gasteiger partial charge >= 0.3 is 12.2 Å². The molecular weight excluding hydrogens is 468 g/mol. The first-order chi connectivity index (χ1) is 17.8. The van der Waals surface area contributed by atoms with Crippen molar-refractivity contribution in [2.75, 3.05) is 26.3 Å². The molecule has 5 rings (SSSR count). The summed E-state index contributed by atoms with van der Waals surface area (Å²) >= 11 is 0. The molecule has 7 heteroatoms. The maximum Gasteiger partial charge on any atom is 0.412 e. The van der Waals surface area contributed by atoms with Crippen LogP contribution < -0.4 is 0 Å². The van der Waals surface area contributed by atoms with Crippen LogP contribution >= 0.6 is 0 Å². The van der Waals surface area contributed by atoms with Crippen LogP contribution in [0.1, 0.15) is 51.2 Å². The number of benzene rings is 2. The van der Waals surface area contributed by atoms with E-state index in [1.807, 2.05) is 64.1 Å². The zero-order valence-electron chi connectivity index (χ0n) is 22.1. The van der Waals surface area contributed by atoms with Crippen molar-refractivity contribution in [2.24, 2.45) is 5.92 Å². The third-order valence-corrected chi connectivity index (χ3v) is 7.38. The topological polar surface area (TPSA) is 68.3 Å². The number of ether oxygens (including phenoxy) is 3. The van der Waals surface area contributed by atoms with Crippen molar-refractivity contribution in [3.8, 4) is 11.1 Å². The second-order valence-corrected chi connectivity index (χ2v) is 10.9. The highest BCUT2D eigenvalue weighted by Crippen LogP contribution is 2.44. The van der Waals surface area contributed by atoms with E-state index in [0.717, 1.165) is 0 Å². The molecule has 0 spiro atoms. The summed E-state index contributed by atoms with van der Waals surface area (Å²) in [5.41, 5.74) is 3.92. The molecule has 0 saturated carbocycles. The lowest BCUT2D eigenvalue weighted by atomic mass is 9.98. The molecule has 2 aliphatic heterocycles. The van der Waals surface area contributed by atoms with Crippen LogP contribution in [-0.2, 0) is 14.2 Å². The molecule has 2 unspecified atom stereocenters. The molecule has 196 valence electrons. The lowest BCUT2D eigenvalue weighted by Gasteiger charge is -2.33. The minimum Gasteiger partial charge on any atom is -0.449 e. The molecule has 1 fully saturated rings. The van der Waals surface area contributed by atoms with Crippen LogP contribution in [0.2, 0.25) is 0 Å². The lowest BCUT2D eigenvalue weighted by Crippen LogP contribution is -2.50. The fraction of sp³-hybridized carbons (Fsp3) is 0.467. The number of fused-ring (bicyclic) bond motifs is 4. The summed E-state index contributed by atoms with van der Waals surface area (Å²) in [4.78, 5) is 29.6. The molecule has 37 heavy (non-hydrogen) atoms. The molecule has 3 aliphatic rings. The van der Waals surface area contributed by atoms with Gasteiger partial charge in [0.1, 0.15) is 12.3 Å². The van der Waals surface area contributed by atoms with E-state index >= 15 is 0 Å². The molecular formula is C30H36N2O5. The second kappa shape index (κ2) is 10.2.